The minimum atomic E-state index is -5.08. The van der Waals surface area contributed by atoms with E-state index in [0.717, 1.165) is 3.57 Å². The lowest BCUT2D eigenvalue weighted by Gasteiger charge is -2.13. The van der Waals surface area contributed by atoms with E-state index in [0.29, 0.717) is 5.52 Å². The van der Waals surface area contributed by atoms with E-state index in [1.54, 1.807) is 28.8 Å². The Labute approximate surface area is 167 Å². The van der Waals surface area contributed by atoms with E-state index < -0.39 is 23.9 Å². The number of nitrogens with one attached hydrogen (secondary N) is 1. The van der Waals surface area contributed by atoms with Crippen LogP contribution in [0.1, 0.15) is 10.4 Å². The van der Waals surface area contributed by atoms with Crippen molar-refractivity contribution in [2.75, 3.05) is 5.32 Å². The second kappa shape index (κ2) is 8.41. The van der Waals surface area contributed by atoms with Crippen molar-refractivity contribution in [1.29, 1.82) is 0 Å². The number of halogens is 5. The molecular formula is C16H10F4IN3O4. The van der Waals surface area contributed by atoms with Crippen LogP contribution in [0.15, 0.2) is 42.9 Å². The van der Waals surface area contributed by atoms with E-state index >= 15 is 0 Å². The Morgan fingerprint density at radius 1 is 1.14 bits per heavy atom. The van der Waals surface area contributed by atoms with Crippen molar-refractivity contribution in [2.24, 2.45) is 0 Å². The number of aromatic nitrogens is 2. The Bertz CT molecular complexity index is 1040. The molecule has 3 aromatic rings. The van der Waals surface area contributed by atoms with Crippen LogP contribution in [-0.4, -0.2) is 37.7 Å². The molecule has 7 nitrogen and oxygen atoms in total. The maximum atomic E-state index is 14.0. The second-order valence-corrected chi connectivity index (χ2v) is 6.39. The van der Waals surface area contributed by atoms with Gasteiger partial charge in [-0.25, -0.2) is 19.0 Å². The van der Waals surface area contributed by atoms with Crippen molar-refractivity contribution in [3.63, 3.8) is 0 Å². The number of carboxylic acids is 2. The van der Waals surface area contributed by atoms with Crippen LogP contribution < -0.4 is 5.32 Å². The van der Waals surface area contributed by atoms with Crippen LogP contribution in [-0.2, 0) is 4.79 Å². The van der Waals surface area contributed by atoms with E-state index in [1.165, 1.54) is 18.5 Å². The third-order valence-electron chi connectivity index (χ3n) is 3.24. The maximum Gasteiger partial charge on any atom is 0.490 e. The zero-order valence-corrected chi connectivity index (χ0v) is 15.7. The number of carbonyl (C=O) groups is 2. The van der Waals surface area contributed by atoms with Crippen molar-refractivity contribution in [2.45, 2.75) is 6.18 Å². The van der Waals surface area contributed by atoms with Gasteiger partial charge >= 0.3 is 18.1 Å². The number of fused-ring (bicyclic) bond motifs is 1. The maximum absolute atomic E-state index is 14.0. The fourth-order valence-corrected chi connectivity index (χ4v) is 2.46. The summed E-state index contributed by atoms with van der Waals surface area (Å²) in [6.07, 6.45) is -2.00. The van der Waals surface area contributed by atoms with Gasteiger partial charge in [0.1, 0.15) is 23.5 Å². The van der Waals surface area contributed by atoms with Crippen molar-refractivity contribution in [3.8, 4) is 0 Å². The van der Waals surface area contributed by atoms with Gasteiger partial charge in [-0.3, -0.25) is 4.40 Å². The van der Waals surface area contributed by atoms with Gasteiger partial charge in [-0.15, -0.1) is 0 Å². The summed E-state index contributed by atoms with van der Waals surface area (Å²) in [7, 11) is 0. The molecule has 0 aliphatic heterocycles. The lowest BCUT2D eigenvalue weighted by atomic mass is 10.2. The van der Waals surface area contributed by atoms with Crippen LogP contribution in [0.4, 0.5) is 29.1 Å². The molecule has 0 aliphatic carbocycles. The van der Waals surface area contributed by atoms with Crippen LogP contribution in [0, 0.1) is 9.39 Å². The van der Waals surface area contributed by atoms with Gasteiger partial charge in [0, 0.05) is 3.57 Å². The molecule has 3 N–H and O–H groups in total. The predicted molar refractivity (Wildman–Crippen MR) is 98.2 cm³/mol. The minimum Gasteiger partial charge on any atom is -0.478 e. The van der Waals surface area contributed by atoms with Gasteiger partial charge in [0.15, 0.2) is 0 Å². The summed E-state index contributed by atoms with van der Waals surface area (Å²) < 4.78 is 48.0. The first-order valence-corrected chi connectivity index (χ1v) is 8.29. The SMILES string of the molecule is O=C(O)C(F)(F)F.O=C(O)c1ccc2cncn2c1Nc1ccc(I)cc1F. The number of aromatic carboxylic acids is 1. The quantitative estimate of drug-likeness (QED) is 0.361. The molecule has 0 spiro atoms. The largest absolute Gasteiger partial charge is 0.490 e. The number of hydrogen-bond donors (Lipinski definition) is 3. The molecule has 0 unspecified atom stereocenters. The standard InChI is InChI=1S/C14H9FIN3O2.C2HF3O2/c15-11-5-8(16)1-4-12(11)18-13-10(14(20)21)3-2-9-6-17-7-19(9)13;3-2(4,5)1(6)7/h1-7,18H,(H,20,21);(H,6,7). The Morgan fingerprint density at radius 2 is 1.79 bits per heavy atom. The minimum absolute atomic E-state index is 0.0402. The monoisotopic (exact) mass is 511 g/mol. The van der Waals surface area contributed by atoms with Gasteiger partial charge in [0.2, 0.25) is 0 Å². The molecule has 0 radical (unpaired) electrons. The summed E-state index contributed by atoms with van der Waals surface area (Å²) in [6.45, 7) is 0. The molecule has 0 fully saturated rings. The summed E-state index contributed by atoms with van der Waals surface area (Å²) in [6, 6.07) is 7.79. The topological polar surface area (TPSA) is 104 Å². The number of anilines is 2. The number of carboxylic acid groups (broad SMARTS) is 2. The molecule has 12 heteroatoms. The van der Waals surface area contributed by atoms with E-state index in [4.69, 9.17) is 9.90 Å². The summed E-state index contributed by atoms with van der Waals surface area (Å²) in [5, 5.41) is 19.3. The molecule has 2 aromatic heterocycles. The van der Waals surface area contributed by atoms with Gasteiger partial charge < -0.3 is 15.5 Å². The first-order valence-electron chi connectivity index (χ1n) is 7.21. The summed E-state index contributed by atoms with van der Waals surface area (Å²) in [4.78, 5) is 24.2. The fraction of sp³-hybridized carbons (Fsp3) is 0.0625. The molecule has 28 heavy (non-hydrogen) atoms. The average Bonchev–Trinajstić information content (AvgIpc) is 3.06. The number of rotatable bonds is 3. The molecule has 148 valence electrons. The molecule has 0 aliphatic rings. The molecule has 0 saturated heterocycles. The number of benzene rings is 1. The molecular weight excluding hydrogens is 501 g/mol. The zero-order chi connectivity index (χ0) is 21.1. The number of hydrogen-bond acceptors (Lipinski definition) is 4. The molecule has 0 atom stereocenters. The number of alkyl halides is 3. The highest BCUT2D eigenvalue weighted by Crippen LogP contribution is 2.25. The zero-order valence-electron chi connectivity index (χ0n) is 13.5. The molecule has 2 heterocycles. The van der Waals surface area contributed by atoms with Crippen LogP contribution in [0.3, 0.4) is 0 Å². The number of nitrogens with zero attached hydrogens (tertiary/aromatic N) is 2. The fourth-order valence-electron chi connectivity index (χ4n) is 2.01. The summed E-state index contributed by atoms with van der Waals surface area (Å²) in [5.41, 5.74) is 0.964. The third kappa shape index (κ3) is 5.09. The third-order valence-corrected chi connectivity index (χ3v) is 3.91. The van der Waals surface area contributed by atoms with E-state index in [-0.39, 0.29) is 17.1 Å². The highest BCUT2D eigenvalue weighted by Gasteiger charge is 2.38. The summed E-state index contributed by atoms with van der Waals surface area (Å²) >= 11 is 2.01. The number of aliphatic carboxylic acids is 1. The predicted octanol–water partition coefficient (Wildman–Crippen LogP) is 4.15. The molecule has 1 aromatic carbocycles. The van der Waals surface area contributed by atoms with Crippen molar-refractivity contribution < 1.29 is 37.4 Å². The summed E-state index contributed by atoms with van der Waals surface area (Å²) in [5.74, 6) is -4.04. The Kier molecular flexibility index (Phi) is 6.43. The molecule has 0 saturated carbocycles. The van der Waals surface area contributed by atoms with Gasteiger partial charge in [0.05, 0.1) is 17.4 Å². The first kappa shape index (κ1) is 21.4. The molecule has 0 amide bonds. The molecule has 0 bridgehead atoms. The average molecular weight is 511 g/mol. The number of pyridine rings is 1. The number of imidazole rings is 1. The van der Waals surface area contributed by atoms with Crippen LogP contribution in [0.25, 0.3) is 5.52 Å². The van der Waals surface area contributed by atoms with Crippen molar-refractivity contribution in [3.05, 3.63) is 57.8 Å². The highest BCUT2D eigenvalue weighted by molar-refractivity contribution is 14.1. The lowest BCUT2D eigenvalue weighted by Crippen LogP contribution is -2.21. The van der Waals surface area contributed by atoms with Crippen LogP contribution in [0.2, 0.25) is 0 Å². The lowest BCUT2D eigenvalue weighted by molar-refractivity contribution is -0.192. The Hall–Kier alpha value is -2.90. The smallest absolute Gasteiger partial charge is 0.478 e. The van der Waals surface area contributed by atoms with E-state index in [2.05, 4.69) is 10.3 Å². The van der Waals surface area contributed by atoms with E-state index in [9.17, 15) is 27.5 Å². The Morgan fingerprint density at radius 3 is 2.32 bits per heavy atom. The first-order chi connectivity index (χ1) is 13.0. The highest BCUT2D eigenvalue weighted by atomic mass is 127. The van der Waals surface area contributed by atoms with Gasteiger partial charge in [0.25, 0.3) is 0 Å². The molecule has 3 rings (SSSR count). The van der Waals surface area contributed by atoms with Crippen LogP contribution >= 0.6 is 22.6 Å². The van der Waals surface area contributed by atoms with Crippen LogP contribution in [0.5, 0.6) is 0 Å². The van der Waals surface area contributed by atoms with Gasteiger partial charge in [-0.2, -0.15) is 13.2 Å². The second-order valence-electron chi connectivity index (χ2n) is 5.14. The van der Waals surface area contributed by atoms with Crippen molar-refractivity contribution in [1.82, 2.24) is 9.38 Å². The normalized spacial score (nSPS) is 10.9. The van der Waals surface area contributed by atoms with Crippen molar-refractivity contribution >= 4 is 51.6 Å². The van der Waals surface area contributed by atoms with E-state index in [1.807, 2.05) is 22.6 Å². The van der Waals surface area contributed by atoms with Gasteiger partial charge in [-0.1, -0.05) is 0 Å². The van der Waals surface area contributed by atoms with Gasteiger partial charge in [-0.05, 0) is 52.9 Å². The Balaban J connectivity index is 0.000000345.